The van der Waals surface area contributed by atoms with Gasteiger partial charge in [-0.2, -0.15) is 0 Å². The van der Waals surface area contributed by atoms with E-state index >= 15 is 0 Å². The van der Waals surface area contributed by atoms with Crippen LogP contribution in [-0.4, -0.2) is 51.6 Å². The van der Waals surface area contributed by atoms with E-state index in [9.17, 15) is 0 Å². The van der Waals surface area contributed by atoms with Crippen LogP contribution in [0.3, 0.4) is 0 Å². The average molecular weight is 267 g/mol. The summed E-state index contributed by atoms with van der Waals surface area (Å²) in [7, 11) is 3.61. The summed E-state index contributed by atoms with van der Waals surface area (Å²) in [4.78, 5) is 2.04. The molecule has 0 saturated carbocycles. The van der Waals surface area contributed by atoms with Crippen molar-refractivity contribution in [3.05, 3.63) is 29.8 Å². The standard InChI is InChI=1S/C13H21N3O3/c1-16(6-7-19-9-8-18-2)12-5-3-4-11(10-12)13(14)15-17/h3-5,10,17H,6-9H2,1-2H3,(H2,14,15). The molecule has 0 saturated heterocycles. The average Bonchev–Trinajstić information content (AvgIpc) is 2.46. The number of rotatable bonds is 8. The Morgan fingerprint density at radius 3 is 2.84 bits per heavy atom. The molecule has 0 spiro atoms. The summed E-state index contributed by atoms with van der Waals surface area (Å²) in [6.45, 7) is 2.56. The normalized spacial score (nSPS) is 11.6. The summed E-state index contributed by atoms with van der Waals surface area (Å²) in [5, 5.41) is 11.7. The second-order valence-corrected chi connectivity index (χ2v) is 4.06. The molecule has 6 heteroatoms. The van der Waals surface area contributed by atoms with Crippen LogP contribution in [-0.2, 0) is 9.47 Å². The zero-order chi connectivity index (χ0) is 14.1. The van der Waals surface area contributed by atoms with Gasteiger partial charge in [0.05, 0.1) is 19.8 Å². The van der Waals surface area contributed by atoms with Crippen molar-refractivity contribution in [2.75, 3.05) is 45.4 Å². The first-order chi connectivity index (χ1) is 9.19. The van der Waals surface area contributed by atoms with Crippen molar-refractivity contribution in [3.8, 4) is 0 Å². The molecule has 0 bridgehead atoms. The van der Waals surface area contributed by atoms with Gasteiger partial charge < -0.3 is 25.3 Å². The Morgan fingerprint density at radius 1 is 1.37 bits per heavy atom. The van der Waals surface area contributed by atoms with E-state index < -0.39 is 0 Å². The molecule has 0 heterocycles. The van der Waals surface area contributed by atoms with Crippen molar-refractivity contribution in [1.82, 2.24) is 0 Å². The van der Waals surface area contributed by atoms with E-state index in [2.05, 4.69) is 5.16 Å². The topological polar surface area (TPSA) is 80.3 Å². The highest BCUT2D eigenvalue weighted by atomic mass is 16.5. The summed E-state index contributed by atoms with van der Waals surface area (Å²) < 4.78 is 10.3. The van der Waals surface area contributed by atoms with E-state index in [0.29, 0.717) is 25.4 Å². The minimum absolute atomic E-state index is 0.103. The van der Waals surface area contributed by atoms with Crippen LogP contribution in [0.4, 0.5) is 5.69 Å². The fraction of sp³-hybridized carbons (Fsp3) is 0.462. The van der Waals surface area contributed by atoms with Crippen LogP contribution in [0.15, 0.2) is 29.4 Å². The molecule has 6 nitrogen and oxygen atoms in total. The monoisotopic (exact) mass is 267 g/mol. The summed E-state index contributed by atoms with van der Waals surface area (Å²) >= 11 is 0. The lowest BCUT2D eigenvalue weighted by Crippen LogP contribution is -2.23. The van der Waals surface area contributed by atoms with Crippen LogP contribution in [0.5, 0.6) is 0 Å². The highest BCUT2D eigenvalue weighted by Gasteiger charge is 2.04. The zero-order valence-corrected chi connectivity index (χ0v) is 11.4. The van der Waals surface area contributed by atoms with Crippen molar-refractivity contribution in [2.45, 2.75) is 0 Å². The minimum atomic E-state index is 0.103. The van der Waals surface area contributed by atoms with Crippen LogP contribution in [0.2, 0.25) is 0 Å². The second kappa shape index (κ2) is 8.34. The van der Waals surface area contributed by atoms with Gasteiger partial charge >= 0.3 is 0 Å². The molecule has 0 unspecified atom stereocenters. The van der Waals surface area contributed by atoms with Crippen LogP contribution in [0.1, 0.15) is 5.56 Å². The molecule has 0 aromatic heterocycles. The van der Waals surface area contributed by atoms with Crippen molar-refractivity contribution >= 4 is 11.5 Å². The Kier molecular flexibility index (Phi) is 6.70. The predicted octanol–water partition coefficient (Wildman–Crippen LogP) is 0.880. The highest BCUT2D eigenvalue weighted by Crippen LogP contribution is 2.14. The maximum absolute atomic E-state index is 8.66. The number of ether oxygens (including phenoxy) is 2. The van der Waals surface area contributed by atoms with Gasteiger partial charge in [0.1, 0.15) is 0 Å². The molecule has 0 aliphatic rings. The summed E-state index contributed by atoms with van der Waals surface area (Å²) in [5.74, 6) is 0.103. The first kappa shape index (κ1) is 15.3. The number of oxime groups is 1. The van der Waals surface area contributed by atoms with Gasteiger partial charge in [-0.3, -0.25) is 0 Å². The lowest BCUT2D eigenvalue weighted by Gasteiger charge is -2.19. The van der Waals surface area contributed by atoms with Gasteiger partial charge in [-0.05, 0) is 12.1 Å². The third-order valence-corrected chi connectivity index (χ3v) is 2.69. The molecule has 0 radical (unpaired) electrons. The fourth-order valence-electron chi connectivity index (χ4n) is 1.54. The molecule has 0 aliphatic heterocycles. The number of methoxy groups -OCH3 is 1. The number of hydrogen-bond acceptors (Lipinski definition) is 5. The molecule has 106 valence electrons. The van der Waals surface area contributed by atoms with Crippen molar-refractivity contribution in [3.63, 3.8) is 0 Å². The Morgan fingerprint density at radius 2 is 2.16 bits per heavy atom. The molecule has 0 amide bonds. The van der Waals surface area contributed by atoms with Crippen LogP contribution >= 0.6 is 0 Å². The molecule has 3 N–H and O–H groups in total. The summed E-state index contributed by atoms with van der Waals surface area (Å²) in [6, 6.07) is 7.49. The van der Waals surface area contributed by atoms with Crippen LogP contribution in [0, 0.1) is 0 Å². The van der Waals surface area contributed by atoms with E-state index in [1.54, 1.807) is 13.2 Å². The number of amidine groups is 1. The maximum atomic E-state index is 8.66. The first-order valence-corrected chi connectivity index (χ1v) is 6.04. The maximum Gasteiger partial charge on any atom is 0.170 e. The van der Waals surface area contributed by atoms with E-state index in [1.165, 1.54) is 0 Å². The Hall–Kier alpha value is -1.79. The number of benzene rings is 1. The van der Waals surface area contributed by atoms with Crippen molar-refractivity contribution in [2.24, 2.45) is 10.9 Å². The molecule has 0 atom stereocenters. The van der Waals surface area contributed by atoms with Gasteiger partial charge in [0.2, 0.25) is 0 Å². The van der Waals surface area contributed by atoms with Crippen LogP contribution in [0.25, 0.3) is 0 Å². The Balaban J connectivity index is 2.50. The number of likely N-dealkylation sites (N-methyl/N-ethyl adjacent to an activating group) is 1. The Labute approximate surface area is 113 Å². The third-order valence-electron chi connectivity index (χ3n) is 2.69. The molecule has 19 heavy (non-hydrogen) atoms. The number of nitrogens with zero attached hydrogens (tertiary/aromatic N) is 2. The number of nitrogens with two attached hydrogens (primary N) is 1. The van der Waals surface area contributed by atoms with Gasteiger partial charge in [0, 0.05) is 32.0 Å². The SMILES string of the molecule is COCCOCCN(C)c1cccc(C(N)=NO)c1. The first-order valence-electron chi connectivity index (χ1n) is 6.04. The van der Waals surface area contributed by atoms with Gasteiger partial charge in [-0.1, -0.05) is 17.3 Å². The van der Waals surface area contributed by atoms with E-state index in [1.807, 2.05) is 30.1 Å². The zero-order valence-electron chi connectivity index (χ0n) is 11.4. The van der Waals surface area contributed by atoms with Gasteiger partial charge in [-0.15, -0.1) is 0 Å². The van der Waals surface area contributed by atoms with E-state index in [4.69, 9.17) is 20.4 Å². The van der Waals surface area contributed by atoms with Crippen molar-refractivity contribution in [1.29, 1.82) is 0 Å². The summed E-state index contributed by atoms with van der Waals surface area (Å²) in [5.41, 5.74) is 7.23. The molecule has 1 aromatic carbocycles. The molecule has 1 rings (SSSR count). The largest absolute Gasteiger partial charge is 0.409 e. The molecular weight excluding hydrogens is 246 g/mol. The second-order valence-electron chi connectivity index (χ2n) is 4.06. The lowest BCUT2D eigenvalue weighted by atomic mass is 10.2. The molecule has 1 aromatic rings. The lowest BCUT2D eigenvalue weighted by molar-refractivity contribution is 0.0744. The van der Waals surface area contributed by atoms with Gasteiger partial charge in [0.15, 0.2) is 5.84 Å². The third kappa shape index (κ3) is 5.15. The number of anilines is 1. The van der Waals surface area contributed by atoms with Gasteiger partial charge in [-0.25, -0.2) is 0 Å². The predicted molar refractivity (Wildman–Crippen MR) is 74.9 cm³/mol. The van der Waals surface area contributed by atoms with Crippen molar-refractivity contribution < 1.29 is 14.7 Å². The van der Waals surface area contributed by atoms with Gasteiger partial charge in [0.25, 0.3) is 0 Å². The minimum Gasteiger partial charge on any atom is -0.409 e. The molecule has 0 aliphatic carbocycles. The molecular formula is C13H21N3O3. The number of hydrogen-bond donors (Lipinski definition) is 2. The van der Waals surface area contributed by atoms with E-state index in [0.717, 1.165) is 12.2 Å². The smallest absolute Gasteiger partial charge is 0.170 e. The van der Waals surface area contributed by atoms with E-state index in [-0.39, 0.29) is 5.84 Å². The fourth-order valence-corrected chi connectivity index (χ4v) is 1.54. The quantitative estimate of drug-likeness (QED) is 0.240. The highest BCUT2D eigenvalue weighted by molar-refractivity contribution is 5.97. The molecule has 0 fully saturated rings. The Bertz CT molecular complexity index is 410. The summed E-state index contributed by atoms with van der Waals surface area (Å²) in [6.07, 6.45) is 0. The van der Waals surface area contributed by atoms with Crippen LogP contribution < -0.4 is 10.6 Å².